The fourth-order valence-corrected chi connectivity index (χ4v) is 4.76. The van der Waals surface area contributed by atoms with Crippen molar-refractivity contribution >= 4 is 21.6 Å². The highest BCUT2D eigenvalue weighted by Gasteiger charge is 2.34. The van der Waals surface area contributed by atoms with Gasteiger partial charge >= 0.3 is 0 Å². The second-order valence-corrected chi connectivity index (χ2v) is 7.11. The molecule has 0 fully saturated rings. The van der Waals surface area contributed by atoms with Crippen LogP contribution in [-0.4, -0.2) is 23.8 Å². The van der Waals surface area contributed by atoms with Gasteiger partial charge in [0.25, 0.3) is 0 Å². The average molecular weight is 311 g/mol. The van der Waals surface area contributed by atoms with E-state index in [0.717, 1.165) is 5.69 Å². The maximum Gasteiger partial charge on any atom is 0.245 e. The molecule has 0 radical (unpaired) electrons. The lowest BCUT2D eigenvalue weighted by Gasteiger charge is -2.34. The van der Waals surface area contributed by atoms with Crippen molar-refractivity contribution in [3.63, 3.8) is 0 Å². The smallest absolute Gasteiger partial charge is 0.245 e. The van der Waals surface area contributed by atoms with Gasteiger partial charge in [0.05, 0.1) is 11.1 Å². The van der Waals surface area contributed by atoms with Crippen molar-refractivity contribution in [3.8, 4) is 0 Å². The second kappa shape index (κ2) is 4.91. The summed E-state index contributed by atoms with van der Waals surface area (Å²) >= 11 is 6.04. The molecule has 6 heteroatoms. The summed E-state index contributed by atoms with van der Waals surface area (Å²) < 4.78 is 29.2. The van der Waals surface area contributed by atoms with Gasteiger partial charge in [0.15, 0.2) is 0 Å². The van der Waals surface area contributed by atoms with Crippen molar-refractivity contribution in [2.45, 2.75) is 24.4 Å². The van der Waals surface area contributed by atoms with Crippen molar-refractivity contribution < 1.29 is 8.42 Å². The minimum atomic E-state index is -3.57. The summed E-state index contributed by atoms with van der Waals surface area (Å²) in [4.78, 5) is 0.175. The van der Waals surface area contributed by atoms with Crippen LogP contribution in [0.4, 0.5) is 0 Å². The minimum absolute atomic E-state index is 0.175. The molecular formula is C14H15ClN2O2S. The van der Waals surface area contributed by atoms with Crippen LogP contribution in [-0.2, 0) is 16.6 Å². The first-order chi connectivity index (χ1) is 9.51. The molecule has 0 unspecified atom stereocenters. The minimum Gasteiger partial charge on any atom is -0.349 e. The SMILES string of the molecule is C[C@@H]1c2cccn2CCN1S(=O)(=O)c1ccccc1Cl. The lowest BCUT2D eigenvalue weighted by atomic mass is 10.2. The van der Waals surface area contributed by atoms with E-state index in [-0.39, 0.29) is 16.0 Å². The largest absolute Gasteiger partial charge is 0.349 e. The van der Waals surface area contributed by atoms with E-state index in [2.05, 4.69) is 4.57 Å². The van der Waals surface area contributed by atoms with Crippen LogP contribution >= 0.6 is 11.6 Å². The quantitative estimate of drug-likeness (QED) is 0.856. The van der Waals surface area contributed by atoms with Crippen LogP contribution in [0, 0.1) is 0 Å². The monoisotopic (exact) mass is 310 g/mol. The molecular weight excluding hydrogens is 296 g/mol. The molecule has 1 aromatic carbocycles. The maximum absolute atomic E-state index is 12.8. The van der Waals surface area contributed by atoms with Crippen molar-refractivity contribution in [1.82, 2.24) is 8.87 Å². The standard InChI is InChI=1S/C14H15ClN2O2S/c1-11-13-6-4-8-16(13)9-10-17(11)20(18,19)14-7-3-2-5-12(14)15/h2-8,11H,9-10H2,1H3/t11-/m1/s1. The molecule has 0 saturated heterocycles. The Labute approximate surface area is 123 Å². The molecule has 1 aliphatic heterocycles. The zero-order chi connectivity index (χ0) is 14.3. The number of fused-ring (bicyclic) bond motifs is 1. The Kier molecular flexibility index (Phi) is 3.36. The van der Waals surface area contributed by atoms with E-state index in [1.54, 1.807) is 24.3 Å². The van der Waals surface area contributed by atoms with Crippen molar-refractivity contribution in [2.24, 2.45) is 0 Å². The van der Waals surface area contributed by atoms with Gasteiger partial charge in [-0.25, -0.2) is 8.42 Å². The number of benzene rings is 1. The van der Waals surface area contributed by atoms with Crippen molar-refractivity contribution in [2.75, 3.05) is 6.54 Å². The molecule has 0 amide bonds. The van der Waals surface area contributed by atoms with Crippen LogP contribution in [0.1, 0.15) is 18.7 Å². The first-order valence-electron chi connectivity index (χ1n) is 6.43. The van der Waals surface area contributed by atoms with E-state index in [0.29, 0.717) is 13.1 Å². The summed E-state index contributed by atoms with van der Waals surface area (Å²) in [5, 5.41) is 0.264. The topological polar surface area (TPSA) is 42.3 Å². The molecule has 0 N–H and O–H groups in total. The fraction of sp³-hybridized carbons (Fsp3) is 0.286. The van der Waals surface area contributed by atoms with Gasteiger partial charge in [-0.1, -0.05) is 23.7 Å². The number of sulfonamides is 1. The molecule has 0 bridgehead atoms. The lowest BCUT2D eigenvalue weighted by Crippen LogP contribution is -2.40. The highest BCUT2D eigenvalue weighted by molar-refractivity contribution is 7.89. The second-order valence-electron chi connectivity index (χ2n) is 4.85. The Hall–Kier alpha value is -1.30. The third-order valence-electron chi connectivity index (χ3n) is 3.71. The fourth-order valence-electron chi connectivity index (χ4n) is 2.67. The molecule has 2 heterocycles. The van der Waals surface area contributed by atoms with E-state index in [1.807, 2.05) is 25.3 Å². The number of halogens is 1. The predicted octanol–water partition coefficient (Wildman–Crippen LogP) is 2.91. The van der Waals surface area contributed by atoms with Gasteiger partial charge in [0.2, 0.25) is 10.0 Å². The molecule has 2 aromatic rings. The molecule has 1 aliphatic rings. The summed E-state index contributed by atoms with van der Waals surface area (Å²) in [6.45, 7) is 3.02. The zero-order valence-electron chi connectivity index (χ0n) is 11.0. The van der Waals surface area contributed by atoms with Crippen LogP contribution in [0.5, 0.6) is 0 Å². The summed E-state index contributed by atoms with van der Waals surface area (Å²) in [5.41, 5.74) is 1.01. The highest BCUT2D eigenvalue weighted by Crippen LogP contribution is 2.33. The van der Waals surface area contributed by atoms with Gasteiger partial charge in [-0.3, -0.25) is 0 Å². The van der Waals surface area contributed by atoms with Crippen LogP contribution in [0.3, 0.4) is 0 Å². The summed E-state index contributed by atoms with van der Waals surface area (Å²) in [7, 11) is -3.57. The van der Waals surface area contributed by atoms with Crippen LogP contribution in [0.2, 0.25) is 5.02 Å². The summed E-state index contributed by atoms with van der Waals surface area (Å²) in [6, 6.07) is 10.3. The summed E-state index contributed by atoms with van der Waals surface area (Å²) in [5.74, 6) is 0. The van der Waals surface area contributed by atoms with Crippen molar-refractivity contribution in [1.29, 1.82) is 0 Å². The Morgan fingerprint density at radius 3 is 2.65 bits per heavy atom. The van der Waals surface area contributed by atoms with Gasteiger partial charge in [-0.05, 0) is 31.2 Å². The van der Waals surface area contributed by atoms with Gasteiger partial charge in [-0.2, -0.15) is 4.31 Å². The molecule has 1 atom stereocenters. The van der Waals surface area contributed by atoms with Gasteiger partial charge < -0.3 is 4.57 Å². The van der Waals surface area contributed by atoms with Crippen LogP contribution in [0.15, 0.2) is 47.5 Å². The van der Waals surface area contributed by atoms with Gasteiger partial charge in [0.1, 0.15) is 4.90 Å². The first kappa shape index (κ1) is 13.7. The van der Waals surface area contributed by atoms with Crippen LogP contribution < -0.4 is 0 Å². The maximum atomic E-state index is 12.8. The molecule has 0 spiro atoms. The first-order valence-corrected chi connectivity index (χ1v) is 8.25. The Balaban J connectivity index is 2.04. The van der Waals surface area contributed by atoms with E-state index in [1.165, 1.54) is 4.31 Å². The van der Waals surface area contributed by atoms with Crippen LogP contribution in [0.25, 0.3) is 0 Å². The molecule has 20 heavy (non-hydrogen) atoms. The molecule has 0 saturated carbocycles. The van der Waals surface area contributed by atoms with E-state index in [4.69, 9.17) is 11.6 Å². The van der Waals surface area contributed by atoms with E-state index in [9.17, 15) is 8.42 Å². The number of hydrogen-bond donors (Lipinski definition) is 0. The molecule has 3 rings (SSSR count). The lowest BCUT2D eigenvalue weighted by molar-refractivity contribution is 0.282. The number of aromatic nitrogens is 1. The Bertz CT molecular complexity index is 739. The number of nitrogens with zero attached hydrogens (tertiary/aromatic N) is 2. The zero-order valence-corrected chi connectivity index (χ0v) is 12.6. The van der Waals surface area contributed by atoms with Gasteiger partial charge in [-0.15, -0.1) is 0 Å². The third-order valence-corrected chi connectivity index (χ3v) is 6.18. The van der Waals surface area contributed by atoms with E-state index < -0.39 is 10.0 Å². The normalized spacial score (nSPS) is 19.8. The van der Waals surface area contributed by atoms with Crippen molar-refractivity contribution in [3.05, 3.63) is 53.3 Å². The predicted molar refractivity (Wildman–Crippen MR) is 78.2 cm³/mol. The molecule has 106 valence electrons. The molecule has 0 aliphatic carbocycles. The third kappa shape index (κ3) is 2.06. The highest BCUT2D eigenvalue weighted by atomic mass is 35.5. The van der Waals surface area contributed by atoms with Gasteiger partial charge in [0, 0.05) is 25.0 Å². The summed E-state index contributed by atoms with van der Waals surface area (Å²) in [6.07, 6.45) is 1.98. The number of rotatable bonds is 2. The Morgan fingerprint density at radius 2 is 1.90 bits per heavy atom. The Morgan fingerprint density at radius 1 is 1.15 bits per heavy atom. The van der Waals surface area contributed by atoms with E-state index >= 15 is 0 Å². The molecule has 1 aromatic heterocycles. The average Bonchev–Trinajstić information content (AvgIpc) is 2.88. The molecule has 4 nitrogen and oxygen atoms in total. The number of hydrogen-bond acceptors (Lipinski definition) is 2.